The van der Waals surface area contributed by atoms with Crippen LogP contribution < -0.4 is 4.74 Å². The Balaban J connectivity index is 1.28. The number of carbonyl (C=O) groups is 1. The van der Waals surface area contributed by atoms with Crippen molar-refractivity contribution in [2.45, 2.75) is 17.2 Å². The van der Waals surface area contributed by atoms with E-state index in [1.54, 1.807) is 59.9 Å². The van der Waals surface area contributed by atoms with Gasteiger partial charge in [0.25, 0.3) is 5.91 Å². The van der Waals surface area contributed by atoms with Gasteiger partial charge in [-0.05, 0) is 41.5 Å². The first-order valence-corrected chi connectivity index (χ1v) is 14.2. The summed E-state index contributed by atoms with van der Waals surface area (Å²) < 4.78 is 32.1. The SMILES string of the molecule is COc1cc(CS(=O)(=O)c2cccc3cccnc23)ccc1C(=O)N1CCN(Cc2cncc(Cl)c2)CC1. The second-order valence-electron chi connectivity index (χ2n) is 9.20. The maximum Gasteiger partial charge on any atom is 0.257 e. The third kappa shape index (κ3) is 5.65. The van der Waals surface area contributed by atoms with Crippen molar-refractivity contribution in [3.8, 4) is 5.75 Å². The molecule has 1 aliphatic rings. The molecule has 5 rings (SSSR count). The number of ether oxygens (including phenoxy) is 1. The van der Waals surface area contributed by atoms with E-state index in [-0.39, 0.29) is 16.6 Å². The summed E-state index contributed by atoms with van der Waals surface area (Å²) in [6.45, 7) is 3.29. The van der Waals surface area contributed by atoms with Crippen molar-refractivity contribution in [2.75, 3.05) is 33.3 Å². The van der Waals surface area contributed by atoms with Gasteiger partial charge in [0.05, 0.1) is 33.9 Å². The van der Waals surface area contributed by atoms with Crippen molar-refractivity contribution >= 4 is 38.2 Å². The normalized spacial score (nSPS) is 14.5. The first kappa shape index (κ1) is 26.1. The molecule has 0 unspecified atom stereocenters. The number of aromatic nitrogens is 2. The molecule has 0 saturated carbocycles. The molecule has 2 aromatic carbocycles. The number of methoxy groups -OCH3 is 1. The lowest BCUT2D eigenvalue weighted by Crippen LogP contribution is -2.48. The highest BCUT2D eigenvalue weighted by atomic mass is 35.5. The molecule has 0 atom stereocenters. The molecule has 0 bridgehead atoms. The lowest BCUT2D eigenvalue weighted by molar-refractivity contribution is 0.0625. The van der Waals surface area contributed by atoms with Crippen LogP contribution in [0.2, 0.25) is 5.02 Å². The Bertz CT molecular complexity index is 1580. The van der Waals surface area contributed by atoms with E-state index < -0.39 is 9.84 Å². The number of nitrogens with zero attached hydrogens (tertiary/aromatic N) is 4. The highest BCUT2D eigenvalue weighted by molar-refractivity contribution is 7.90. The van der Waals surface area contributed by atoms with Gasteiger partial charge in [-0.2, -0.15) is 0 Å². The number of sulfone groups is 1. The predicted molar refractivity (Wildman–Crippen MR) is 146 cm³/mol. The molecule has 1 fully saturated rings. The summed E-state index contributed by atoms with van der Waals surface area (Å²) in [5.74, 6) is -0.0189. The van der Waals surface area contributed by atoms with Gasteiger partial charge in [0.2, 0.25) is 0 Å². The number of amides is 1. The number of halogens is 1. The Kier molecular flexibility index (Phi) is 7.60. The number of para-hydroxylation sites is 1. The molecule has 4 aromatic rings. The van der Waals surface area contributed by atoms with Crippen molar-refractivity contribution in [1.82, 2.24) is 19.8 Å². The number of piperazine rings is 1. The van der Waals surface area contributed by atoms with Crippen molar-refractivity contribution in [3.05, 3.63) is 94.9 Å². The number of carbonyl (C=O) groups excluding carboxylic acids is 1. The molecule has 2 aromatic heterocycles. The summed E-state index contributed by atoms with van der Waals surface area (Å²) in [5.41, 5.74) is 2.42. The van der Waals surface area contributed by atoms with E-state index in [0.717, 1.165) is 24.0 Å². The summed E-state index contributed by atoms with van der Waals surface area (Å²) >= 11 is 6.04. The standard InChI is InChI=1S/C28H27ClN4O4S/c1-37-25-15-20(19-38(35,36)26-6-2-4-22-5-3-9-31-27(22)26)7-8-24(25)28(34)33-12-10-32(11-13-33)18-21-14-23(29)17-30-16-21/h2-9,14-17H,10-13,18-19H2,1H3. The Morgan fingerprint density at radius 1 is 1.00 bits per heavy atom. The molecule has 8 nitrogen and oxygen atoms in total. The summed E-state index contributed by atoms with van der Waals surface area (Å²) in [6.07, 6.45) is 4.99. The number of hydrogen-bond donors (Lipinski definition) is 0. The van der Waals surface area contributed by atoms with Gasteiger partial charge in [-0.1, -0.05) is 35.9 Å². The van der Waals surface area contributed by atoms with E-state index in [2.05, 4.69) is 14.9 Å². The number of fused-ring (bicyclic) bond motifs is 1. The van der Waals surface area contributed by atoms with Crippen molar-refractivity contribution in [1.29, 1.82) is 0 Å². The van der Waals surface area contributed by atoms with Crippen molar-refractivity contribution in [2.24, 2.45) is 0 Å². The molecule has 0 aliphatic carbocycles. The minimum absolute atomic E-state index is 0.140. The Labute approximate surface area is 226 Å². The van der Waals surface area contributed by atoms with E-state index in [9.17, 15) is 13.2 Å². The van der Waals surface area contributed by atoms with Crippen LogP contribution in [0.1, 0.15) is 21.5 Å². The number of pyridine rings is 2. The Morgan fingerprint density at radius 3 is 2.55 bits per heavy atom. The quantitative estimate of drug-likeness (QED) is 0.340. The highest BCUT2D eigenvalue weighted by Gasteiger charge is 2.26. The number of rotatable bonds is 7. The smallest absolute Gasteiger partial charge is 0.257 e. The molecule has 0 spiro atoms. The first-order chi connectivity index (χ1) is 18.3. The van der Waals surface area contributed by atoms with Gasteiger partial charge in [-0.3, -0.25) is 19.7 Å². The van der Waals surface area contributed by atoms with E-state index in [1.165, 1.54) is 7.11 Å². The molecule has 38 heavy (non-hydrogen) atoms. The van der Waals surface area contributed by atoms with Crippen LogP contribution in [0.3, 0.4) is 0 Å². The molecular weight excluding hydrogens is 524 g/mol. The van der Waals surface area contributed by atoms with Crippen molar-refractivity contribution < 1.29 is 17.9 Å². The second-order valence-corrected chi connectivity index (χ2v) is 11.6. The predicted octanol–water partition coefficient (Wildman–Crippen LogP) is 4.22. The lowest BCUT2D eigenvalue weighted by atomic mass is 10.1. The average Bonchev–Trinajstić information content (AvgIpc) is 2.92. The van der Waals surface area contributed by atoms with Crippen LogP contribution in [0.5, 0.6) is 5.75 Å². The van der Waals surface area contributed by atoms with Crippen LogP contribution in [0, 0.1) is 0 Å². The molecule has 1 amide bonds. The zero-order valence-corrected chi connectivity index (χ0v) is 22.5. The Hall–Kier alpha value is -3.53. The van der Waals surface area contributed by atoms with Crippen LogP contribution in [0.4, 0.5) is 0 Å². The largest absolute Gasteiger partial charge is 0.496 e. The van der Waals surface area contributed by atoms with Gasteiger partial charge >= 0.3 is 0 Å². The third-order valence-electron chi connectivity index (χ3n) is 6.61. The fourth-order valence-electron chi connectivity index (χ4n) is 4.71. The third-order valence-corrected chi connectivity index (χ3v) is 8.53. The number of benzene rings is 2. The van der Waals surface area contributed by atoms with Gasteiger partial charge in [0.15, 0.2) is 9.84 Å². The van der Waals surface area contributed by atoms with Gasteiger partial charge < -0.3 is 9.64 Å². The highest BCUT2D eigenvalue weighted by Crippen LogP contribution is 2.28. The minimum Gasteiger partial charge on any atom is -0.496 e. The van der Waals surface area contributed by atoms with E-state index in [4.69, 9.17) is 16.3 Å². The summed E-state index contributed by atoms with van der Waals surface area (Å²) in [4.78, 5) is 26.0. The Morgan fingerprint density at radius 2 is 1.79 bits per heavy atom. The zero-order valence-electron chi connectivity index (χ0n) is 20.9. The van der Waals surface area contributed by atoms with Crippen molar-refractivity contribution in [3.63, 3.8) is 0 Å². The van der Waals surface area contributed by atoms with Crippen LogP contribution in [0.15, 0.2) is 78.1 Å². The topological polar surface area (TPSA) is 92.7 Å². The van der Waals surface area contributed by atoms with E-state index in [0.29, 0.717) is 47.1 Å². The molecule has 196 valence electrons. The summed E-state index contributed by atoms with van der Waals surface area (Å²) in [7, 11) is -2.20. The van der Waals surface area contributed by atoms with Crippen LogP contribution in [0.25, 0.3) is 10.9 Å². The van der Waals surface area contributed by atoms with Crippen LogP contribution in [-0.4, -0.2) is 67.4 Å². The van der Waals surface area contributed by atoms with E-state index >= 15 is 0 Å². The maximum atomic E-state index is 13.3. The molecule has 3 heterocycles. The van der Waals surface area contributed by atoms with Gasteiger partial charge in [0.1, 0.15) is 5.75 Å². The molecule has 10 heteroatoms. The zero-order chi connectivity index (χ0) is 26.7. The van der Waals surface area contributed by atoms with Crippen LogP contribution >= 0.6 is 11.6 Å². The first-order valence-electron chi connectivity index (χ1n) is 12.2. The summed E-state index contributed by atoms with van der Waals surface area (Å²) in [5, 5.41) is 1.37. The average molecular weight is 551 g/mol. The minimum atomic E-state index is -3.68. The molecular formula is C28H27ClN4O4S. The molecule has 1 aliphatic heterocycles. The molecule has 0 N–H and O–H groups in total. The fourth-order valence-corrected chi connectivity index (χ4v) is 6.43. The second kappa shape index (κ2) is 11.1. The fraction of sp³-hybridized carbons (Fsp3) is 0.250. The van der Waals surface area contributed by atoms with Gasteiger partial charge in [0, 0.05) is 56.7 Å². The summed E-state index contributed by atoms with van der Waals surface area (Å²) in [6, 6.07) is 15.6. The monoisotopic (exact) mass is 550 g/mol. The van der Waals surface area contributed by atoms with Gasteiger partial charge in [-0.25, -0.2) is 8.42 Å². The van der Waals surface area contributed by atoms with Gasteiger partial charge in [-0.15, -0.1) is 0 Å². The molecule has 0 radical (unpaired) electrons. The lowest BCUT2D eigenvalue weighted by Gasteiger charge is -2.35. The number of hydrogen-bond acceptors (Lipinski definition) is 7. The van der Waals surface area contributed by atoms with E-state index in [1.807, 2.05) is 18.2 Å². The maximum absolute atomic E-state index is 13.3. The molecule has 1 saturated heterocycles. The van der Waals surface area contributed by atoms with Crippen LogP contribution in [-0.2, 0) is 22.1 Å².